The van der Waals surface area contributed by atoms with Crippen LogP contribution < -0.4 is 5.32 Å². The van der Waals surface area contributed by atoms with E-state index in [2.05, 4.69) is 34.7 Å². The summed E-state index contributed by atoms with van der Waals surface area (Å²) >= 11 is 1.92. The summed E-state index contributed by atoms with van der Waals surface area (Å²) in [5.41, 5.74) is 0.472. The normalized spacial score (nSPS) is 26.2. The number of hydrogen-bond donors (Lipinski definition) is 1. The first-order chi connectivity index (χ1) is 10.3. The van der Waals surface area contributed by atoms with E-state index in [9.17, 15) is 0 Å². The molecule has 1 saturated heterocycles. The SMILES string of the molecule is CCCC1CN(CCc2cccs2)C2(CCCCC2)CN1. The minimum atomic E-state index is 0.472. The van der Waals surface area contributed by atoms with Gasteiger partial charge in [-0.3, -0.25) is 4.90 Å². The summed E-state index contributed by atoms with van der Waals surface area (Å²) < 4.78 is 0. The summed E-state index contributed by atoms with van der Waals surface area (Å²) in [6.45, 7) is 6.05. The molecule has 1 aliphatic carbocycles. The van der Waals surface area contributed by atoms with Gasteiger partial charge in [0.25, 0.3) is 0 Å². The third-order valence-corrected chi connectivity index (χ3v) is 6.40. The molecule has 118 valence electrons. The Morgan fingerprint density at radius 1 is 1.33 bits per heavy atom. The monoisotopic (exact) mass is 306 g/mol. The van der Waals surface area contributed by atoms with E-state index in [0.29, 0.717) is 11.6 Å². The van der Waals surface area contributed by atoms with Crippen LogP contribution in [-0.2, 0) is 6.42 Å². The van der Waals surface area contributed by atoms with Gasteiger partial charge in [-0.25, -0.2) is 0 Å². The summed E-state index contributed by atoms with van der Waals surface area (Å²) in [4.78, 5) is 4.41. The first kappa shape index (κ1) is 15.5. The Morgan fingerprint density at radius 3 is 2.90 bits per heavy atom. The third kappa shape index (κ3) is 3.69. The molecule has 2 aliphatic rings. The minimum Gasteiger partial charge on any atom is -0.311 e. The zero-order chi connectivity index (χ0) is 14.5. The van der Waals surface area contributed by atoms with E-state index in [1.54, 1.807) is 4.88 Å². The van der Waals surface area contributed by atoms with Gasteiger partial charge in [0.15, 0.2) is 0 Å². The predicted molar refractivity (Wildman–Crippen MR) is 92.1 cm³/mol. The summed E-state index contributed by atoms with van der Waals surface area (Å²) in [5.74, 6) is 0. The van der Waals surface area contributed by atoms with Crippen LogP contribution in [0.3, 0.4) is 0 Å². The molecule has 1 spiro atoms. The maximum absolute atomic E-state index is 3.86. The van der Waals surface area contributed by atoms with E-state index in [4.69, 9.17) is 0 Å². The topological polar surface area (TPSA) is 15.3 Å². The Labute approximate surface area is 133 Å². The van der Waals surface area contributed by atoms with E-state index in [-0.39, 0.29) is 0 Å². The van der Waals surface area contributed by atoms with Crippen molar-refractivity contribution in [1.82, 2.24) is 10.2 Å². The number of piperazine rings is 1. The van der Waals surface area contributed by atoms with Crippen LogP contribution in [0.4, 0.5) is 0 Å². The van der Waals surface area contributed by atoms with Crippen molar-refractivity contribution in [1.29, 1.82) is 0 Å². The molecule has 0 amide bonds. The van der Waals surface area contributed by atoms with Gasteiger partial charge in [0.05, 0.1) is 0 Å². The molecule has 1 atom stereocenters. The van der Waals surface area contributed by atoms with Crippen molar-refractivity contribution in [2.24, 2.45) is 0 Å². The first-order valence-electron chi connectivity index (χ1n) is 8.83. The predicted octanol–water partition coefficient (Wildman–Crippen LogP) is 4.07. The van der Waals surface area contributed by atoms with E-state index in [1.165, 1.54) is 71.0 Å². The fourth-order valence-electron chi connectivity index (χ4n) is 4.24. The van der Waals surface area contributed by atoms with Gasteiger partial charge in [0, 0.05) is 36.1 Å². The lowest BCUT2D eigenvalue weighted by atomic mass is 9.78. The van der Waals surface area contributed by atoms with E-state index in [0.717, 1.165) is 0 Å². The minimum absolute atomic E-state index is 0.472. The highest BCUT2D eigenvalue weighted by Crippen LogP contribution is 2.36. The van der Waals surface area contributed by atoms with Crippen molar-refractivity contribution < 1.29 is 0 Å². The molecule has 3 rings (SSSR count). The van der Waals surface area contributed by atoms with Crippen molar-refractivity contribution >= 4 is 11.3 Å². The van der Waals surface area contributed by atoms with Crippen LogP contribution in [0.5, 0.6) is 0 Å². The molecule has 1 aromatic rings. The summed E-state index contributed by atoms with van der Waals surface area (Å²) in [6, 6.07) is 5.20. The second kappa shape index (κ2) is 7.26. The maximum atomic E-state index is 3.86. The summed E-state index contributed by atoms with van der Waals surface area (Å²) in [6.07, 6.45) is 11.0. The van der Waals surface area contributed by atoms with Gasteiger partial charge in [0.1, 0.15) is 0 Å². The fraction of sp³-hybridized carbons (Fsp3) is 0.778. The molecule has 2 nitrogen and oxygen atoms in total. The van der Waals surface area contributed by atoms with Gasteiger partial charge < -0.3 is 5.32 Å². The molecule has 1 aromatic heterocycles. The molecule has 1 aliphatic heterocycles. The fourth-order valence-corrected chi connectivity index (χ4v) is 4.94. The van der Waals surface area contributed by atoms with Crippen molar-refractivity contribution in [3.63, 3.8) is 0 Å². The second-order valence-corrected chi connectivity index (χ2v) is 7.96. The van der Waals surface area contributed by atoms with Crippen LogP contribution in [0.2, 0.25) is 0 Å². The van der Waals surface area contributed by atoms with E-state index >= 15 is 0 Å². The molecule has 0 radical (unpaired) electrons. The highest BCUT2D eigenvalue weighted by Gasteiger charge is 2.41. The molecule has 0 bridgehead atoms. The molecule has 3 heteroatoms. The zero-order valence-corrected chi connectivity index (χ0v) is 14.3. The smallest absolute Gasteiger partial charge is 0.0334 e. The van der Waals surface area contributed by atoms with Gasteiger partial charge in [-0.2, -0.15) is 0 Å². The van der Waals surface area contributed by atoms with E-state index < -0.39 is 0 Å². The molecular weight excluding hydrogens is 276 g/mol. The quantitative estimate of drug-likeness (QED) is 0.882. The van der Waals surface area contributed by atoms with Crippen LogP contribution in [0.15, 0.2) is 17.5 Å². The number of hydrogen-bond acceptors (Lipinski definition) is 3. The Bertz CT molecular complexity index is 409. The highest BCUT2D eigenvalue weighted by molar-refractivity contribution is 7.09. The highest BCUT2D eigenvalue weighted by atomic mass is 32.1. The average molecular weight is 307 g/mol. The van der Waals surface area contributed by atoms with Gasteiger partial charge in [0.2, 0.25) is 0 Å². The first-order valence-corrected chi connectivity index (χ1v) is 9.71. The van der Waals surface area contributed by atoms with Gasteiger partial charge in [-0.15, -0.1) is 11.3 Å². The number of nitrogens with one attached hydrogen (secondary N) is 1. The second-order valence-electron chi connectivity index (χ2n) is 6.93. The number of nitrogens with zero attached hydrogens (tertiary/aromatic N) is 1. The van der Waals surface area contributed by atoms with Crippen molar-refractivity contribution in [3.05, 3.63) is 22.4 Å². The molecule has 2 heterocycles. The van der Waals surface area contributed by atoms with Gasteiger partial charge in [-0.1, -0.05) is 38.7 Å². The van der Waals surface area contributed by atoms with Gasteiger partial charge in [-0.05, 0) is 37.1 Å². The molecule has 1 unspecified atom stereocenters. The molecule has 1 saturated carbocycles. The van der Waals surface area contributed by atoms with Crippen molar-refractivity contribution in [3.8, 4) is 0 Å². The van der Waals surface area contributed by atoms with Crippen LogP contribution in [0, 0.1) is 0 Å². The lowest BCUT2D eigenvalue weighted by molar-refractivity contribution is 0.00945. The third-order valence-electron chi connectivity index (χ3n) is 5.46. The Hall–Kier alpha value is -0.380. The Kier molecular flexibility index (Phi) is 5.36. The zero-order valence-electron chi connectivity index (χ0n) is 13.4. The largest absolute Gasteiger partial charge is 0.311 e. The summed E-state index contributed by atoms with van der Waals surface area (Å²) in [5, 5.41) is 6.08. The molecule has 1 N–H and O–H groups in total. The van der Waals surface area contributed by atoms with Crippen molar-refractivity contribution in [2.75, 3.05) is 19.6 Å². The Morgan fingerprint density at radius 2 is 2.19 bits per heavy atom. The lowest BCUT2D eigenvalue weighted by Crippen LogP contribution is -2.65. The molecule has 0 aromatic carbocycles. The van der Waals surface area contributed by atoms with Gasteiger partial charge >= 0.3 is 0 Å². The van der Waals surface area contributed by atoms with E-state index in [1.807, 2.05) is 11.3 Å². The standard InChI is InChI=1S/C18H30N2S/c1-2-7-16-14-20(12-9-17-8-6-13-21-17)18(15-19-16)10-4-3-5-11-18/h6,8,13,16,19H,2-5,7,9-12,14-15H2,1H3. The van der Waals surface area contributed by atoms with Crippen LogP contribution in [-0.4, -0.2) is 36.1 Å². The molecule has 2 fully saturated rings. The molecule has 21 heavy (non-hydrogen) atoms. The Balaban J connectivity index is 1.66. The molecular formula is C18H30N2S. The average Bonchev–Trinajstić information content (AvgIpc) is 3.03. The lowest BCUT2D eigenvalue weighted by Gasteiger charge is -2.52. The number of rotatable bonds is 5. The maximum Gasteiger partial charge on any atom is 0.0334 e. The van der Waals surface area contributed by atoms with Crippen LogP contribution >= 0.6 is 11.3 Å². The number of thiophene rings is 1. The summed E-state index contributed by atoms with van der Waals surface area (Å²) in [7, 11) is 0. The van der Waals surface area contributed by atoms with Crippen molar-refractivity contribution in [2.45, 2.75) is 69.9 Å². The van der Waals surface area contributed by atoms with Crippen LogP contribution in [0.25, 0.3) is 0 Å². The van der Waals surface area contributed by atoms with Crippen LogP contribution in [0.1, 0.15) is 56.7 Å².